The van der Waals surface area contributed by atoms with Gasteiger partial charge < -0.3 is 0 Å². The van der Waals surface area contributed by atoms with Gasteiger partial charge in [-0.25, -0.2) is 0 Å². The molecule has 0 aliphatic heterocycles. The Hall–Kier alpha value is -0.800. The van der Waals surface area contributed by atoms with Crippen molar-refractivity contribution in [2.75, 3.05) is 0 Å². The number of hydrogen-bond acceptors (Lipinski definition) is 2. The molecule has 0 saturated carbocycles. The molecule has 90 valence electrons. The van der Waals surface area contributed by atoms with E-state index in [1.807, 2.05) is 24.3 Å². The molecule has 0 heterocycles. The first-order valence-electron chi connectivity index (χ1n) is 5.18. The van der Waals surface area contributed by atoms with Gasteiger partial charge in [0.1, 0.15) is 0 Å². The molecule has 0 atom stereocenters. The first-order valence-corrected chi connectivity index (χ1v) is 6.75. The third-order valence-corrected chi connectivity index (χ3v) is 3.93. The highest BCUT2D eigenvalue weighted by atomic mass is 35.5. The van der Waals surface area contributed by atoms with E-state index in [0.717, 1.165) is 11.1 Å². The van der Waals surface area contributed by atoms with Gasteiger partial charge in [0.2, 0.25) is 0 Å². The molecule has 0 aliphatic rings. The first-order chi connectivity index (χ1) is 8.58. The lowest BCUT2D eigenvalue weighted by molar-refractivity contribution is 1.66. The van der Waals surface area contributed by atoms with Crippen LogP contribution in [0.4, 0.5) is 0 Å². The minimum Gasteiger partial charge on any atom is -0.0843 e. The van der Waals surface area contributed by atoms with E-state index in [1.165, 1.54) is 0 Å². The number of halogens is 2. The molecule has 0 amide bonds. The molecule has 18 heavy (non-hydrogen) atoms. The van der Waals surface area contributed by atoms with Crippen LogP contribution in [-0.4, -0.2) is 9.73 Å². The van der Waals surface area contributed by atoms with Gasteiger partial charge >= 0.3 is 0 Å². The molecule has 0 aromatic heterocycles. The molecule has 0 unspecified atom stereocenters. The normalized spacial score (nSPS) is 10.1. The van der Waals surface area contributed by atoms with E-state index in [4.69, 9.17) is 47.6 Å². The predicted molar refractivity (Wildman–Crippen MR) is 86.3 cm³/mol. The van der Waals surface area contributed by atoms with Gasteiger partial charge in [0.15, 0.2) is 0 Å². The Labute approximate surface area is 127 Å². The van der Waals surface area contributed by atoms with Gasteiger partial charge in [0.05, 0.1) is 9.73 Å². The first kappa shape index (κ1) is 13.6. The number of hydrogen-bond donors (Lipinski definition) is 0. The van der Waals surface area contributed by atoms with Crippen molar-refractivity contribution in [3.05, 3.63) is 69.7 Å². The fraction of sp³-hybridized carbons (Fsp3) is 0. The largest absolute Gasteiger partial charge is 0.0843 e. The van der Waals surface area contributed by atoms with Crippen molar-refractivity contribution in [1.29, 1.82) is 0 Å². The molecular weight excluding hydrogens is 303 g/mol. The lowest BCUT2D eigenvalue weighted by atomic mass is 10.0. The van der Waals surface area contributed by atoms with Crippen LogP contribution in [0.15, 0.2) is 48.5 Å². The average Bonchev–Trinajstić information content (AvgIpc) is 2.39. The summed E-state index contributed by atoms with van der Waals surface area (Å²) in [6.07, 6.45) is 0. The van der Waals surface area contributed by atoms with E-state index < -0.39 is 0 Å². The molecular formula is C14H8Cl2S2. The van der Waals surface area contributed by atoms with Crippen molar-refractivity contribution >= 4 is 57.4 Å². The Bertz CT molecular complexity index is 531. The van der Waals surface area contributed by atoms with Crippen LogP contribution in [0.3, 0.4) is 0 Å². The second kappa shape index (κ2) is 5.89. The molecule has 0 nitrogen and oxygen atoms in total. The molecule has 0 radical (unpaired) electrons. The molecule has 0 N–H and O–H groups in total. The molecule has 0 fully saturated rings. The third-order valence-electron chi connectivity index (χ3n) is 2.42. The van der Waals surface area contributed by atoms with Gasteiger partial charge in [-0.1, -0.05) is 71.9 Å². The van der Waals surface area contributed by atoms with E-state index in [0.29, 0.717) is 19.8 Å². The second-order valence-corrected chi connectivity index (χ2v) is 5.36. The van der Waals surface area contributed by atoms with Crippen molar-refractivity contribution in [1.82, 2.24) is 0 Å². The summed E-state index contributed by atoms with van der Waals surface area (Å²) < 4.78 is 0. The highest BCUT2D eigenvalue weighted by Gasteiger charge is 2.09. The van der Waals surface area contributed by atoms with E-state index in [-0.39, 0.29) is 0 Å². The van der Waals surface area contributed by atoms with E-state index in [9.17, 15) is 0 Å². The Morgan fingerprint density at radius 1 is 0.611 bits per heavy atom. The summed E-state index contributed by atoms with van der Waals surface area (Å²) in [5.74, 6) is 0. The number of rotatable bonds is 3. The van der Waals surface area contributed by atoms with Crippen LogP contribution >= 0.6 is 47.6 Å². The van der Waals surface area contributed by atoms with Crippen LogP contribution < -0.4 is 0 Å². The zero-order valence-electron chi connectivity index (χ0n) is 9.19. The minimum atomic E-state index is 0.643. The number of benzene rings is 2. The molecule has 0 bridgehead atoms. The van der Waals surface area contributed by atoms with Gasteiger partial charge in [0.25, 0.3) is 0 Å². The predicted octanol–water partition coefficient (Wildman–Crippen LogP) is 5.13. The summed E-state index contributed by atoms with van der Waals surface area (Å²) in [6.45, 7) is 0. The standard InChI is InChI=1S/C14H8Cl2S2/c15-11-5-1-9(2-6-11)13(17)14(18)10-3-7-12(16)8-4-10/h1-8H. The van der Waals surface area contributed by atoms with Gasteiger partial charge in [-0.3, -0.25) is 0 Å². The van der Waals surface area contributed by atoms with Crippen molar-refractivity contribution in [2.24, 2.45) is 0 Å². The molecule has 2 rings (SSSR count). The van der Waals surface area contributed by atoms with Crippen molar-refractivity contribution in [3.63, 3.8) is 0 Å². The Morgan fingerprint density at radius 3 is 1.17 bits per heavy atom. The van der Waals surface area contributed by atoms with Crippen LogP contribution in [0.5, 0.6) is 0 Å². The van der Waals surface area contributed by atoms with Crippen LogP contribution in [-0.2, 0) is 0 Å². The average molecular weight is 311 g/mol. The quantitative estimate of drug-likeness (QED) is 0.569. The number of thiocarbonyl (C=S) groups is 2. The topological polar surface area (TPSA) is 0 Å². The SMILES string of the molecule is S=C(C(=S)c1ccc(Cl)cc1)c1ccc(Cl)cc1. The monoisotopic (exact) mass is 310 g/mol. The van der Waals surface area contributed by atoms with Gasteiger partial charge in [-0.05, 0) is 35.4 Å². The maximum absolute atomic E-state index is 5.84. The van der Waals surface area contributed by atoms with E-state index >= 15 is 0 Å². The summed E-state index contributed by atoms with van der Waals surface area (Å²) in [6, 6.07) is 14.7. The Morgan fingerprint density at radius 2 is 0.889 bits per heavy atom. The van der Waals surface area contributed by atoms with E-state index in [2.05, 4.69) is 0 Å². The summed E-state index contributed by atoms with van der Waals surface area (Å²) in [7, 11) is 0. The zero-order chi connectivity index (χ0) is 13.1. The summed E-state index contributed by atoms with van der Waals surface area (Å²) in [5, 5.41) is 1.36. The van der Waals surface area contributed by atoms with Crippen LogP contribution in [0.25, 0.3) is 0 Å². The van der Waals surface area contributed by atoms with E-state index in [1.54, 1.807) is 24.3 Å². The maximum Gasteiger partial charge on any atom is 0.0636 e. The van der Waals surface area contributed by atoms with Crippen molar-refractivity contribution < 1.29 is 0 Å². The molecule has 0 spiro atoms. The third kappa shape index (κ3) is 3.15. The highest BCUT2D eigenvalue weighted by Crippen LogP contribution is 2.16. The summed E-state index contributed by atoms with van der Waals surface area (Å²) in [4.78, 5) is 1.29. The molecule has 0 aliphatic carbocycles. The lowest BCUT2D eigenvalue weighted by Crippen LogP contribution is -2.11. The smallest absolute Gasteiger partial charge is 0.0636 e. The van der Waals surface area contributed by atoms with Crippen LogP contribution in [0.2, 0.25) is 10.0 Å². The minimum absolute atomic E-state index is 0.643. The van der Waals surface area contributed by atoms with Gasteiger partial charge in [-0.2, -0.15) is 0 Å². The zero-order valence-corrected chi connectivity index (χ0v) is 12.3. The van der Waals surface area contributed by atoms with Crippen LogP contribution in [0, 0.1) is 0 Å². The highest BCUT2D eigenvalue weighted by molar-refractivity contribution is 7.90. The Kier molecular flexibility index (Phi) is 4.46. The fourth-order valence-corrected chi connectivity index (χ4v) is 2.22. The lowest BCUT2D eigenvalue weighted by Gasteiger charge is -2.06. The molecule has 4 heteroatoms. The maximum atomic E-state index is 5.84. The van der Waals surface area contributed by atoms with Crippen molar-refractivity contribution in [2.45, 2.75) is 0 Å². The second-order valence-electron chi connectivity index (χ2n) is 3.67. The Balaban J connectivity index is 2.26. The summed E-state index contributed by atoms with van der Waals surface area (Å²) >= 11 is 22.4. The van der Waals surface area contributed by atoms with Crippen LogP contribution in [0.1, 0.15) is 11.1 Å². The molecule has 2 aromatic rings. The van der Waals surface area contributed by atoms with Gasteiger partial charge in [0, 0.05) is 10.0 Å². The molecule has 0 saturated heterocycles. The fourth-order valence-electron chi connectivity index (χ4n) is 1.46. The van der Waals surface area contributed by atoms with Crippen molar-refractivity contribution in [3.8, 4) is 0 Å². The molecule has 2 aromatic carbocycles. The summed E-state index contributed by atoms with van der Waals surface area (Å²) in [5.41, 5.74) is 1.80. The van der Waals surface area contributed by atoms with Gasteiger partial charge in [-0.15, -0.1) is 0 Å².